The lowest BCUT2D eigenvalue weighted by Crippen LogP contribution is -2.10. The Labute approximate surface area is 137 Å². The van der Waals surface area contributed by atoms with Crippen LogP contribution in [0.1, 0.15) is 0 Å². The molecule has 22 heavy (non-hydrogen) atoms. The second kappa shape index (κ2) is 5.76. The molecule has 1 heterocycles. The number of benzene rings is 2. The van der Waals surface area contributed by atoms with Gasteiger partial charge in [0.25, 0.3) is 0 Å². The molecule has 1 aromatic heterocycles. The first-order chi connectivity index (χ1) is 10.5. The summed E-state index contributed by atoms with van der Waals surface area (Å²) in [5.41, 5.74) is 0.466. The summed E-state index contributed by atoms with van der Waals surface area (Å²) in [5, 5.41) is 1.19. The summed E-state index contributed by atoms with van der Waals surface area (Å²) < 4.78 is 29.9. The Morgan fingerprint density at radius 2 is 1.73 bits per heavy atom. The molecule has 0 saturated heterocycles. The van der Waals surface area contributed by atoms with E-state index in [2.05, 4.69) is 4.98 Å². The van der Waals surface area contributed by atoms with Gasteiger partial charge in [0.2, 0.25) is 0 Å². The molecule has 7 heteroatoms. The zero-order valence-corrected chi connectivity index (χ0v) is 13.4. The summed E-state index contributed by atoms with van der Waals surface area (Å²) in [7, 11) is -4.03. The lowest BCUT2D eigenvalue weighted by molar-refractivity contribution is 0.488. The largest absolute Gasteiger partial charge is 0.377 e. The molecule has 0 fully saturated rings. The molecular weight excluding hydrogens is 345 g/mol. The maximum atomic E-state index is 12.4. The van der Waals surface area contributed by atoms with E-state index in [0.29, 0.717) is 5.52 Å². The molecule has 4 nitrogen and oxygen atoms in total. The van der Waals surface area contributed by atoms with Crippen molar-refractivity contribution in [3.63, 3.8) is 0 Å². The van der Waals surface area contributed by atoms with Gasteiger partial charge in [0.1, 0.15) is 10.4 Å². The van der Waals surface area contributed by atoms with Gasteiger partial charge >= 0.3 is 10.1 Å². The molecule has 0 amide bonds. The first-order valence-corrected chi connectivity index (χ1v) is 8.37. The van der Waals surface area contributed by atoms with Crippen molar-refractivity contribution in [2.75, 3.05) is 0 Å². The average Bonchev–Trinajstić information content (AvgIpc) is 2.50. The number of pyridine rings is 1. The van der Waals surface area contributed by atoms with E-state index in [4.69, 9.17) is 27.4 Å². The van der Waals surface area contributed by atoms with Gasteiger partial charge < -0.3 is 4.18 Å². The van der Waals surface area contributed by atoms with E-state index in [9.17, 15) is 8.42 Å². The molecule has 0 bridgehead atoms. The SMILES string of the molecule is O=S(=O)(Oc1cccc2cccnc12)c1ccc(Cl)c(Cl)c1. The summed E-state index contributed by atoms with van der Waals surface area (Å²) in [6.07, 6.45) is 1.57. The van der Waals surface area contributed by atoms with Crippen LogP contribution in [0.5, 0.6) is 5.75 Å². The highest BCUT2D eigenvalue weighted by Gasteiger charge is 2.19. The van der Waals surface area contributed by atoms with E-state index in [0.717, 1.165) is 5.39 Å². The summed E-state index contributed by atoms with van der Waals surface area (Å²) in [6.45, 7) is 0. The number of aromatic nitrogens is 1. The monoisotopic (exact) mass is 353 g/mol. The lowest BCUT2D eigenvalue weighted by Gasteiger charge is -2.09. The van der Waals surface area contributed by atoms with Gasteiger partial charge in [-0.3, -0.25) is 4.98 Å². The van der Waals surface area contributed by atoms with Crippen LogP contribution in [0.3, 0.4) is 0 Å². The predicted octanol–water partition coefficient (Wildman–Crippen LogP) is 4.31. The number of halogens is 2. The van der Waals surface area contributed by atoms with E-state index >= 15 is 0 Å². The fourth-order valence-electron chi connectivity index (χ4n) is 1.94. The maximum Gasteiger partial charge on any atom is 0.339 e. The molecule has 0 atom stereocenters. The molecule has 0 N–H and O–H groups in total. The van der Waals surface area contributed by atoms with Crippen molar-refractivity contribution in [1.82, 2.24) is 4.98 Å². The molecule has 0 saturated carbocycles. The molecule has 3 rings (SSSR count). The number of para-hydroxylation sites is 1. The molecule has 0 aliphatic carbocycles. The molecule has 2 aromatic carbocycles. The third kappa shape index (κ3) is 2.88. The summed E-state index contributed by atoms with van der Waals surface area (Å²) in [5.74, 6) is 0.157. The van der Waals surface area contributed by atoms with Crippen molar-refractivity contribution in [3.8, 4) is 5.75 Å². The first-order valence-electron chi connectivity index (χ1n) is 6.21. The minimum atomic E-state index is -4.03. The van der Waals surface area contributed by atoms with Crippen LogP contribution in [-0.4, -0.2) is 13.4 Å². The Bertz CT molecular complexity index is 953. The Balaban J connectivity index is 2.05. The van der Waals surface area contributed by atoms with E-state index < -0.39 is 10.1 Å². The van der Waals surface area contributed by atoms with Crippen molar-refractivity contribution in [2.45, 2.75) is 4.90 Å². The van der Waals surface area contributed by atoms with Crippen LogP contribution >= 0.6 is 23.2 Å². The second-order valence-corrected chi connectivity index (χ2v) is 6.81. The van der Waals surface area contributed by atoms with Crippen LogP contribution < -0.4 is 4.18 Å². The zero-order valence-electron chi connectivity index (χ0n) is 11.0. The molecule has 0 radical (unpaired) electrons. The second-order valence-electron chi connectivity index (χ2n) is 4.44. The maximum absolute atomic E-state index is 12.4. The van der Waals surface area contributed by atoms with E-state index in [1.54, 1.807) is 24.4 Å². The standard InChI is InChI=1S/C15H9Cl2NO3S/c16-12-7-6-11(9-13(12)17)22(19,20)21-14-5-1-3-10-4-2-8-18-15(10)14/h1-9H. The normalized spacial score (nSPS) is 11.5. The van der Waals surface area contributed by atoms with Crippen molar-refractivity contribution in [2.24, 2.45) is 0 Å². The fraction of sp³-hybridized carbons (Fsp3) is 0. The number of nitrogens with zero attached hydrogens (tertiary/aromatic N) is 1. The van der Waals surface area contributed by atoms with Crippen LogP contribution in [-0.2, 0) is 10.1 Å². The van der Waals surface area contributed by atoms with Gasteiger partial charge in [0, 0.05) is 11.6 Å². The van der Waals surface area contributed by atoms with Crippen molar-refractivity contribution in [3.05, 3.63) is 64.8 Å². The van der Waals surface area contributed by atoms with Gasteiger partial charge in [-0.25, -0.2) is 0 Å². The van der Waals surface area contributed by atoms with Gasteiger partial charge in [0.05, 0.1) is 10.0 Å². The van der Waals surface area contributed by atoms with Crippen LogP contribution in [0.25, 0.3) is 10.9 Å². The van der Waals surface area contributed by atoms with Crippen molar-refractivity contribution < 1.29 is 12.6 Å². The first kappa shape index (κ1) is 15.1. The van der Waals surface area contributed by atoms with Crippen LogP contribution in [0.2, 0.25) is 10.0 Å². The topological polar surface area (TPSA) is 56.3 Å². The van der Waals surface area contributed by atoms with Crippen LogP contribution in [0.4, 0.5) is 0 Å². The molecule has 3 aromatic rings. The van der Waals surface area contributed by atoms with Gasteiger partial charge in [-0.05, 0) is 30.3 Å². The molecule has 0 aliphatic rings. The zero-order chi connectivity index (χ0) is 15.7. The summed E-state index contributed by atoms with van der Waals surface area (Å²) >= 11 is 11.6. The Hall–Kier alpha value is -1.82. The van der Waals surface area contributed by atoms with Crippen molar-refractivity contribution in [1.29, 1.82) is 0 Å². The number of hydrogen-bond acceptors (Lipinski definition) is 4. The van der Waals surface area contributed by atoms with E-state index in [1.165, 1.54) is 18.2 Å². The Morgan fingerprint density at radius 3 is 2.50 bits per heavy atom. The van der Waals surface area contributed by atoms with Gasteiger partial charge in [-0.1, -0.05) is 41.4 Å². The highest BCUT2D eigenvalue weighted by Crippen LogP contribution is 2.29. The summed E-state index contributed by atoms with van der Waals surface area (Å²) in [6, 6.07) is 12.6. The van der Waals surface area contributed by atoms with Gasteiger partial charge in [0.15, 0.2) is 5.75 Å². The molecule has 0 aliphatic heterocycles. The van der Waals surface area contributed by atoms with E-state index in [-0.39, 0.29) is 20.7 Å². The quantitative estimate of drug-likeness (QED) is 0.658. The minimum Gasteiger partial charge on any atom is -0.377 e. The smallest absolute Gasteiger partial charge is 0.339 e. The number of rotatable bonds is 3. The molecule has 112 valence electrons. The predicted molar refractivity (Wildman–Crippen MR) is 86.0 cm³/mol. The number of fused-ring (bicyclic) bond motifs is 1. The van der Waals surface area contributed by atoms with E-state index in [1.807, 2.05) is 12.1 Å². The summed E-state index contributed by atoms with van der Waals surface area (Å²) in [4.78, 5) is 4.08. The van der Waals surface area contributed by atoms with Gasteiger partial charge in [-0.2, -0.15) is 8.42 Å². The van der Waals surface area contributed by atoms with Gasteiger partial charge in [-0.15, -0.1) is 0 Å². The Kier molecular flexibility index (Phi) is 3.95. The highest BCUT2D eigenvalue weighted by atomic mass is 35.5. The molecule has 0 unspecified atom stereocenters. The minimum absolute atomic E-state index is 0.0742. The third-order valence-electron chi connectivity index (χ3n) is 2.97. The highest BCUT2D eigenvalue weighted by molar-refractivity contribution is 7.87. The third-order valence-corrected chi connectivity index (χ3v) is 4.94. The lowest BCUT2D eigenvalue weighted by atomic mass is 10.2. The Morgan fingerprint density at radius 1 is 0.955 bits per heavy atom. The fourth-order valence-corrected chi connectivity index (χ4v) is 3.27. The van der Waals surface area contributed by atoms with Crippen LogP contribution in [0, 0.1) is 0 Å². The molecular formula is C15H9Cl2NO3S. The number of hydrogen-bond donors (Lipinski definition) is 0. The van der Waals surface area contributed by atoms with Crippen LogP contribution in [0.15, 0.2) is 59.6 Å². The average molecular weight is 354 g/mol. The van der Waals surface area contributed by atoms with Crippen molar-refractivity contribution >= 4 is 44.2 Å². The molecule has 0 spiro atoms.